The van der Waals surface area contributed by atoms with Gasteiger partial charge in [-0.25, -0.2) is 0 Å². The molecule has 0 spiro atoms. The maximum Gasteiger partial charge on any atom is 0.175 e. The van der Waals surface area contributed by atoms with Crippen molar-refractivity contribution in [1.29, 1.82) is 0 Å². The van der Waals surface area contributed by atoms with Gasteiger partial charge in [0.05, 0.1) is 4.47 Å². The first kappa shape index (κ1) is 13.2. The third kappa shape index (κ3) is 3.04. The highest BCUT2D eigenvalue weighted by Gasteiger charge is 2.19. The number of nitrogens with one attached hydrogen (secondary N) is 1. The molecule has 0 unspecified atom stereocenters. The van der Waals surface area contributed by atoms with E-state index < -0.39 is 0 Å². The largest absolute Gasteiger partial charge is 0.486 e. The lowest BCUT2D eigenvalue weighted by molar-refractivity contribution is 0.168. The molecule has 0 aliphatic carbocycles. The Balaban J connectivity index is 1.70. The summed E-state index contributed by atoms with van der Waals surface area (Å²) in [4.78, 5) is 2.49. The Kier molecular flexibility index (Phi) is 4.25. The van der Waals surface area contributed by atoms with Crippen LogP contribution in [0.5, 0.6) is 11.5 Å². The number of rotatable bonds is 3. The number of ether oxygens (including phenoxy) is 2. The van der Waals surface area contributed by atoms with Gasteiger partial charge >= 0.3 is 0 Å². The Morgan fingerprint density at radius 1 is 1.11 bits per heavy atom. The molecule has 0 amide bonds. The molecular weight excluding hydrogens is 308 g/mol. The molecule has 1 fully saturated rings. The van der Waals surface area contributed by atoms with E-state index in [1.807, 2.05) is 0 Å². The standard InChI is InChI=1S/C14H19BrN2O2/c15-12-2-1-11(13-14(12)19-10-9-18-13)3-6-17-7-4-16-5-8-17/h1-2,16H,3-10H2. The first-order chi connectivity index (χ1) is 9.34. The summed E-state index contributed by atoms with van der Waals surface area (Å²) < 4.78 is 12.5. The van der Waals surface area contributed by atoms with Crippen LogP contribution < -0.4 is 14.8 Å². The summed E-state index contributed by atoms with van der Waals surface area (Å²) in [6.45, 7) is 6.82. The van der Waals surface area contributed by atoms with Gasteiger partial charge in [0.25, 0.3) is 0 Å². The normalized spacial score (nSPS) is 19.4. The molecule has 1 saturated heterocycles. The minimum absolute atomic E-state index is 0.632. The van der Waals surface area contributed by atoms with Gasteiger partial charge in [-0.1, -0.05) is 6.07 Å². The molecule has 2 aliphatic rings. The molecule has 3 rings (SSSR count). The van der Waals surface area contributed by atoms with E-state index in [4.69, 9.17) is 9.47 Å². The topological polar surface area (TPSA) is 33.7 Å². The zero-order valence-corrected chi connectivity index (χ0v) is 12.5. The zero-order valence-electron chi connectivity index (χ0n) is 11.0. The molecule has 2 heterocycles. The summed E-state index contributed by atoms with van der Waals surface area (Å²) in [6, 6.07) is 4.19. The van der Waals surface area contributed by atoms with Gasteiger partial charge in [-0.2, -0.15) is 0 Å². The fourth-order valence-corrected chi connectivity index (χ4v) is 3.00. The third-order valence-corrected chi connectivity index (χ3v) is 4.25. The monoisotopic (exact) mass is 326 g/mol. The summed E-state index contributed by atoms with van der Waals surface area (Å²) in [6.07, 6.45) is 1.01. The highest BCUT2D eigenvalue weighted by molar-refractivity contribution is 9.10. The van der Waals surface area contributed by atoms with E-state index in [0.29, 0.717) is 13.2 Å². The molecule has 0 bridgehead atoms. The second-order valence-electron chi connectivity index (χ2n) is 4.90. The van der Waals surface area contributed by atoms with Crippen molar-refractivity contribution in [3.05, 3.63) is 22.2 Å². The number of fused-ring (bicyclic) bond motifs is 1. The quantitative estimate of drug-likeness (QED) is 0.916. The van der Waals surface area contributed by atoms with Crippen molar-refractivity contribution in [2.45, 2.75) is 6.42 Å². The van der Waals surface area contributed by atoms with Crippen molar-refractivity contribution >= 4 is 15.9 Å². The second kappa shape index (κ2) is 6.11. The van der Waals surface area contributed by atoms with Crippen molar-refractivity contribution in [2.75, 3.05) is 45.9 Å². The van der Waals surface area contributed by atoms with E-state index in [2.05, 4.69) is 38.3 Å². The predicted molar refractivity (Wildman–Crippen MR) is 78.1 cm³/mol. The maximum absolute atomic E-state index is 5.79. The second-order valence-corrected chi connectivity index (χ2v) is 5.76. The lowest BCUT2D eigenvalue weighted by Gasteiger charge is -2.28. The average molecular weight is 327 g/mol. The molecule has 1 aromatic rings. The highest BCUT2D eigenvalue weighted by atomic mass is 79.9. The summed E-state index contributed by atoms with van der Waals surface area (Å²) in [5.74, 6) is 1.79. The third-order valence-electron chi connectivity index (χ3n) is 3.63. The number of hydrogen-bond donors (Lipinski definition) is 1. The first-order valence-corrected chi connectivity index (χ1v) is 7.64. The van der Waals surface area contributed by atoms with Crippen molar-refractivity contribution < 1.29 is 9.47 Å². The van der Waals surface area contributed by atoms with Gasteiger partial charge in [-0.15, -0.1) is 0 Å². The molecule has 0 saturated carbocycles. The van der Waals surface area contributed by atoms with Crippen LogP contribution in [0.25, 0.3) is 0 Å². The molecule has 2 aliphatic heterocycles. The minimum Gasteiger partial charge on any atom is -0.486 e. The number of benzene rings is 1. The van der Waals surface area contributed by atoms with Crippen molar-refractivity contribution in [3.8, 4) is 11.5 Å². The Hall–Kier alpha value is -0.780. The van der Waals surface area contributed by atoms with E-state index in [0.717, 1.165) is 55.1 Å². The van der Waals surface area contributed by atoms with Crippen molar-refractivity contribution in [1.82, 2.24) is 10.2 Å². The smallest absolute Gasteiger partial charge is 0.175 e. The van der Waals surface area contributed by atoms with Crippen LogP contribution in [0.15, 0.2) is 16.6 Å². The van der Waals surface area contributed by atoms with Crippen LogP contribution in [0.1, 0.15) is 5.56 Å². The number of halogens is 1. The van der Waals surface area contributed by atoms with Crippen LogP contribution in [0.3, 0.4) is 0 Å². The molecule has 5 heteroatoms. The molecule has 19 heavy (non-hydrogen) atoms. The Morgan fingerprint density at radius 3 is 2.63 bits per heavy atom. The summed E-state index contributed by atoms with van der Waals surface area (Å²) in [5, 5.41) is 3.38. The summed E-state index contributed by atoms with van der Waals surface area (Å²) in [5.41, 5.74) is 1.25. The van der Waals surface area contributed by atoms with Crippen LogP contribution in [0.2, 0.25) is 0 Å². The SMILES string of the molecule is Brc1ccc(CCN2CCNCC2)c2c1OCCO2. The van der Waals surface area contributed by atoms with Gasteiger partial charge in [0, 0.05) is 32.7 Å². The van der Waals surface area contributed by atoms with Crippen molar-refractivity contribution in [2.24, 2.45) is 0 Å². The van der Waals surface area contributed by atoms with Crippen LogP contribution in [0, 0.1) is 0 Å². The highest BCUT2D eigenvalue weighted by Crippen LogP contribution is 2.40. The van der Waals surface area contributed by atoms with Gasteiger partial charge in [0.1, 0.15) is 13.2 Å². The lowest BCUT2D eigenvalue weighted by Crippen LogP contribution is -2.44. The van der Waals surface area contributed by atoms with E-state index in [1.165, 1.54) is 5.56 Å². The van der Waals surface area contributed by atoms with Crippen LogP contribution in [-0.4, -0.2) is 50.8 Å². The van der Waals surface area contributed by atoms with Crippen LogP contribution in [-0.2, 0) is 6.42 Å². The molecule has 104 valence electrons. The van der Waals surface area contributed by atoms with Gasteiger partial charge in [-0.05, 0) is 34.0 Å². The number of nitrogens with zero attached hydrogens (tertiary/aromatic N) is 1. The number of hydrogen-bond acceptors (Lipinski definition) is 4. The number of piperazine rings is 1. The minimum atomic E-state index is 0.632. The van der Waals surface area contributed by atoms with Gasteiger partial charge < -0.3 is 19.7 Å². The van der Waals surface area contributed by atoms with E-state index in [-0.39, 0.29) is 0 Å². The van der Waals surface area contributed by atoms with E-state index >= 15 is 0 Å². The molecule has 1 aromatic carbocycles. The summed E-state index contributed by atoms with van der Waals surface area (Å²) >= 11 is 3.52. The van der Waals surface area contributed by atoms with Crippen molar-refractivity contribution in [3.63, 3.8) is 0 Å². The van der Waals surface area contributed by atoms with Gasteiger partial charge in [0.15, 0.2) is 11.5 Å². The molecule has 1 N–H and O–H groups in total. The van der Waals surface area contributed by atoms with Crippen LogP contribution in [0.4, 0.5) is 0 Å². The van der Waals surface area contributed by atoms with Gasteiger partial charge in [-0.3, -0.25) is 0 Å². The fraction of sp³-hybridized carbons (Fsp3) is 0.571. The maximum atomic E-state index is 5.79. The van der Waals surface area contributed by atoms with E-state index in [9.17, 15) is 0 Å². The first-order valence-electron chi connectivity index (χ1n) is 6.84. The lowest BCUT2D eigenvalue weighted by atomic mass is 10.1. The molecule has 4 nitrogen and oxygen atoms in total. The summed E-state index contributed by atoms with van der Waals surface area (Å²) in [7, 11) is 0. The zero-order chi connectivity index (χ0) is 13.1. The molecule has 0 aromatic heterocycles. The Labute approximate surface area is 122 Å². The molecular formula is C14H19BrN2O2. The molecule has 0 atom stereocenters. The van der Waals surface area contributed by atoms with Crippen LogP contribution >= 0.6 is 15.9 Å². The Bertz CT molecular complexity index is 447. The Morgan fingerprint density at radius 2 is 1.84 bits per heavy atom. The predicted octanol–water partition coefficient (Wildman–Crippen LogP) is 1.67. The average Bonchev–Trinajstić information content (AvgIpc) is 2.48. The van der Waals surface area contributed by atoms with Gasteiger partial charge in [0.2, 0.25) is 0 Å². The fourth-order valence-electron chi connectivity index (χ4n) is 2.57. The van der Waals surface area contributed by atoms with E-state index in [1.54, 1.807) is 0 Å². The molecule has 0 radical (unpaired) electrons.